The molecule has 4 rings (SSSR count). The van der Waals surface area contributed by atoms with Crippen LogP contribution in [0.1, 0.15) is 64.1 Å². The SMILES string of the molecule is CCCCCOc1ccc(/C=c2/sc3n(c2=O)[C@H](c2ccc(OC)cc2)C(C(=O)OC(C)C)=C(C)N=3)cc1OC. The predicted octanol–water partition coefficient (Wildman–Crippen LogP) is 4.77. The number of fused-ring (bicyclic) bond motifs is 1. The van der Waals surface area contributed by atoms with Crippen molar-refractivity contribution in [1.82, 2.24) is 4.57 Å². The van der Waals surface area contributed by atoms with E-state index in [2.05, 4.69) is 11.9 Å². The first-order chi connectivity index (χ1) is 19.3. The molecule has 0 bridgehead atoms. The van der Waals surface area contributed by atoms with Crippen molar-refractivity contribution >= 4 is 23.4 Å². The molecule has 0 unspecified atom stereocenters. The summed E-state index contributed by atoms with van der Waals surface area (Å²) in [6, 6.07) is 12.2. The molecule has 0 fully saturated rings. The first kappa shape index (κ1) is 29.1. The Morgan fingerprint density at radius 2 is 1.82 bits per heavy atom. The first-order valence-corrected chi connectivity index (χ1v) is 14.3. The molecule has 212 valence electrons. The van der Waals surface area contributed by atoms with Crippen molar-refractivity contribution in [2.45, 2.75) is 59.1 Å². The lowest BCUT2D eigenvalue weighted by molar-refractivity contribution is -0.143. The second-order valence-corrected chi connectivity index (χ2v) is 10.8. The molecule has 0 saturated carbocycles. The van der Waals surface area contributed by atoms with E-state index in [4.69, 9.17) is 18.9 Å². The van der Waals surface area contributed by atoms with E-state index < -0.39 is 12.0 Å². The number of thiazole rings is 1. The number of aromatic nitrogens is 1. The zero-order valence-corrected chi connectivity index (χ0v) is 24.7. The number of methoxy groups -OCH3 is 2. The first-order valence-electron chi connectivity index (χ1n) is 13.5. The van der Waals surface area contributed by atoms with E-state index in [1.165, 1.54) is 11.3 Å². The van der Waals surface area contributed by atoms with Crippen LogP contribution in [0, 0.1) is 0 Å². The molecular formula is C31H36N2O6S. The van der Waals surface area contributed by atoms with Gasteiger partial charge in [0.25, 0.3) is 5.56 Å². The monoisotopic (exact) mass is 564 g/mol. The molecule has 0 N–H and O–H groups in total. The van der Waals surface area contributed by atoms with Crippen LogP contribution in [0.25, 0.3) is 6.08 Å². The predicted molar refractivity (Wildman–Crippen MR) is 156 cm³/mol. The van der Waals surface area contributed by atoms with Crippen molar-refractivity contribution in [2.75, 3.05) is 20.8 Å². The smallest absolute Gasteiger partial charge is 0.338 e. The largest absolute Gasteiger partial charge is 0.497 e. The summed E-state index contributed by atoms with van der Waals surface area (Å²) in [6.45, 7) is 8.13. The number of carbonyl (C=O) groups is 1. The van der Waals surface area contributed by atoms with Crippen LogP contribution < -0.4 is 29.1 Å². The number of carbonyl (C=O) groups excluding carboxylic acids is 1. The molecule has 1 aromatic heterocycles. The van der Waals surface area contributed by atoms with Crippen LogP contribution in [-0.4, -0.2) is 37.5 Å². The Hall–Kier alpha value is -3.85. The summed E-state index contributed by atoms with van der Waals surface area (Å²) in [5.74, 6) is 1.45. The highest BCUT2D eigenvalue weighted by Crippen LogP contribution is 2.32. The molecule has 9 heteroatoms. The lowest BCUT2D eigenvalue weighted by atomic mass is 9.96. The van der Waals surface area contributed by atoms with Crippen LogP contribution in [0.2, 0.25) is 0 Å². The van der Waals surface area contributed by atoms with Crippen molar-refractivity contribution in [3.8, 4) is 17.2 Å². The van der Waals surface area contributed by atoms with Gasteiger partial charge in [0.2, 0.25) is 0 Å². The lowest BCUT2D eigenvalue weighted by Gasteiger charge is -2.25. The van der Waals surface area contributed by atoms with Gasteiger partial charge in [0.05, 0.1) is 48.8 Å². The van der Waals surface area contributed by atoms with Crippen molar-refractivity contribution in [2.24, 2.45) is 4.99 Å². The molecule has 0 saturated heterocycles. The van der Waals surface area contributed by atoms with E-state index >= 15 is 0 Å². The highest BCUT2D eigenvalue weighted by molar-refractivity contribution is 7.07. The number of esters is 1. The highest BCUT2D eigenvalue weighted by atomic mass is 32.1. The molecule has 2 aromatic carbocycles. The number of unbranched alkanes of at least 4 members (excludes halogenated alkanes) is 2. The fourth-order valence-electron chi connectivity index (χ4n) is 4.54. The van der Waals surface area contributed by atoms with E-state index in [9.17, 15) is 9.59 Å². The fraction of sp³-hybridized carbons (Fsp3) is 0.387. The zero-order chi connectivity index (χ0) is 28.8. The Kier molecular flexibility index (Phi) is 9.47. The number of ether oxygens (including phenoxy) is 4. The number of rotatable bonds is 11. The van der Waals surface area contributed by atoms with Gasteiger partial charge in [-0.25, -0.2) is 9.79 Å². The van der Waals surface area contributed by atoms with Gasteiger partial charge in [-0.2, -0.15) is 0 Å². The van der Waals surface area contributed by atoms with E-state index in [1.807, 2.05) is 48.5 Å². The van der Waals surface area contributed by atoms with Crippen LogP contribution in [0.3, 0.4) is 0 Å². The molecule has 2 heterocycles. The Labute approximate surface area is 238 Å². The molecule has 0 amide bonds. The van der Waals surface area contributed by atoms with E-state index in [0.717, 1.165) is 30.4 Å². The average Bonchev–Trinajstić information content (AvgIpc) is 3.24. The van der Waals surface area contributed by atoms with Crippen LogP contribution in [0.15, 0.2) is 63.5 Å². The molecule has 1 aliphatic rings. The van der Waals surface area contributed by atoms with Crippen molar-refractivity contribution < 1.29 is 23.7 Å². The van der Waals surface area contributed by atoms with Gasteiger partial charge in [0, 0.05) is 0 Å². The van der Waals surface area contributed by atoms with Gasteiger partial charge < -0.3 is 18.9 Å². The van der Waals surface area contributed by atoms with Crippen LogP contribution >= 0.6 is 11.3 Å². The van der Waals surface area contributed by atoms with Crippen molar-refractivity contribution in [3.05, 3.63) is 84.5 Å². The molecule has 3 aromatic rings. The molecule has 0 spiro atoms. The lowest BCUT2D eigenvalue weighted by Crippen LogP contribution is -2.40. The normalized spacial score (nSPS) is 15.1. The van der Waals surface area contributed by atoms with Crippen molar-refractivity contribution in [1.29, 1.82) is 0 Å². The van der Waals surface area contributed by atoms with E-state index in [0.29, 0.717) is 44.5 Å². The maximum atomic E-state index is 13.9. The minimum absolute atomic E-state index is 0.245. The maximum Gasteiger partial charge on any atom is 0.338 e. The van der Waals surface area contributed by atoms with Crippen molar-refractivity contribution in [3.63, 3.8) is 0 Å². The summed E-state index contributed by atoms with van der Waals surface area (Å²) in [5.41, 5.74) is 2.16. The van der Waals surface area contributed by atoms with Gasteiger partial charge in [-0.3, -0.25) is 9.36 Å². The number of hydrogen-bond donors (Lipinski definition) is 0. The summed E-state index contributed by atoms with van der Waals surface area (Å²) in [6.07, 6.45) is 4.70. The molecule has 8 nitrogen and oxygen atoms in total. The van der Waals surface area contributed by atoms with Crippen LogP contribution in [-0.2, 0) is 9.53 Å². The molecule has 0 radical (unpaired) electrons. The summed E-state index contributed by atoms with van der Waals surface area (Å²) in [7, 11) is 3.19. The Morgan fingerprint density at radius 1 is 1.07 bits per heavy atom. The minimum Gasteiger partial charge on any atom is -0.497 e. The minimum atomic E-state index is -0.691. The molecular weight excluding hydrogens is 528 g/mol. The third-order valence-electron chi connectivity index (χ3n) is 6.51. The Morgan fingerprint density at radius 3 is 2.48 bits per heavy atom. The fourth-order valence-corrected chi connectivity index (χ4v) is 5.59. The number of hydrogen-bond acceptors (Lipinski definition) is 8. The number of allylic oxidation sites excluding steroid dienone is 1. The summed E-state index contributed by atoms with van der Waals surface area (Å²) in [4.78, 5) is 32.3. The molecule has 1 atom stereocenters. The Bertz CT molecular complexity index is 1570. The van der Waals surface area contributed by atoms with Gasteiger partial charge in [0.15, 0.2) is 16.3 Å². The standard InChI is InChI=1S/C31H36N2O6S/c1-7-8-9-16-38-24-15-10-21(17-25(24)37-6)18-26-29(34)33-28(22-11-13-23(36-5)14-12-22)27(30(35)39-19(2)3)20(4)32-31(33)40-26/h10-15,17-19,28H,7-9,16H2,1-6H3/b26-18+/t28-/m1/s1. The molecule has 1 aliphatic heterocycles. The maximum absolute atomic E-state index is 13.9. The van der Waals surface area contributed by atoms with Crippen LogP contribution in [0.5, 0.6) is 17.2 Å². The average molecular weight is 565 g/mol. The highest BCUT2D eigenvalue weighted by Gasteiger charge is 2.33. The Balaban J connectivity index is 1.79. The van der Waals surface area contributed by atoms with E-state index in [1.54, 1.807) is 39.6 Å². The van der Waals surface area contributed by atoms with Gasteiger partial charge in [-0.05, 0) is 68.7 Å². The summed E-state index contributed by atoms with van der Waals surface area (Å²) >= 11 is 1.28. The molecule has 40 heavy (non-hydrogen) atoms. The summed E-state index contributed by atoms with van der Waals surface area (Å²) < 4.78 is 24.4. The zero-order valence-electron chi connectivity index (χ0n) is 23.9. The van der Waals surface area contributed by atoms with Gasteiger partial charge in [0.1, 0.15) is 5.75 Å². The second-order valence-electron chi connectivity index (χ2n) is 9.77. The summed E-state index contributed by atoms with van der Waals surface area (Å²) in [5, 5.41) is 0. The topological polar surface area (TPSA) is 88.4 Å². The van der Waals surface area contributed by atoms with Gasteiger partial charge in [-0.1, -0.05) is 49.3 Å². The third-order valence-corrected chi connectivity index (χ3v) is 7.49. The van der Waals surface area contributed by atoms with Crippen LogP contribution in [0.4, 0.5) is 0 Å². The van der Waals surface area contributed by atoms with Gasteiger partial charge >= 0.3 is 5.97 Å². The van der Waals surface area contributed by atoms with E-state index in [-0.39, 0.29) is 11.7 Å². The second kappa shape index (κ2) is 13.0. The number of benzene rings is 2. The van der Waals surface area contributed by atoms with Gasteiger partial charge in [-0.15, -0.1) is 0 Å². The quantitative estimate of drug-likeness (QED) is 0.246. The number of nitrogens with zero attached hydrogens (tertiary/aromatic N) is 2. The third kappa shape index (κ3) is 6.31. The molecule has 0 aliphatic carbocycles.